The second-order valence-corrected chi connectivity index (χ2v) is 10.8. The van der Waals surface area contributed by atoms with Gasteiger partial charge in [-0.15, -0.1) is 0 Å². The Bertz CT molecular complexity index is 1190. The molecule has 2 aromatic rings. The number of ether oxygens (including phenoxy) is 1. The Labute approximate surface area is 194 Å². The van der Waals surface area contributed by atoms with Gasteiger partial charge in [-0.2, -0.15) is 4.31 Å². The lowest BCUT2D eigenvalue weighted by Gasteiger charge is -2.27. The molecule has 0 unspecified atom stereocenters. The summed E-state index contributed by atoms with van der Waals surface area (Å²) in [5.74, 6) is 0.0541. The third-order valence-corrected chi connectivity index (χ3v) is 8.20. The highest BCUT2D eigenvalue weighted by atomic mass is 32.2. The fourth-order valence-corrected chi connectivity index (χ4v) is 6.09. The molecule has 0 aromatic heterocycles. The molecule has 33 heavy (non-hydrogen) atoms. The molecule has 2 aliphatic heterocycles. The molecular formula is C24H29N3O5S. The van der Waals surface area contributed by atoms with Crippen molar-refractivity contribution in [2.75, 3.05) is 17.2 Å². The average molecular weight is 472 g/mol. The van der Waals surface area contributed by atoms with Gasteiger partial charge in [-0.05, 0) is 61.9 Å². The SMILES string of the molecule is Cc1cc2c(cc1S(=O)(=O)N1CCC[C@H]1C(=O)Nc1ccc(C(C)C)cc1)O[C@H](C)C(=O)N2. The Hall–Kier alpha value is -2.91. The summed E-state index contributed by atoms with van der Waals surface area (Å²) in [4.78, 5) is 25.0. The van der Waals surface area contributed by atoms with Crippen LogP contribution < -0.4 is 15.4 Å². The summed E-state index contributed by atoms with van der Waals surface area (Å²) in [7, 11) is -3.96. The van der Waals surface area contributed by atoms with Crippen molar-refractivity contribution in [2.24, 2.45) is 0 Å². The summed E-state index contributed by atoms with van der Waals surface area (Å²) in [6, 6.07) is 9.82. The molecule has 1 fully saturated rings. The number of nitrogens with one attached hydrogen (secondary N) is 2. The minimum absolute atomic E-state index is 0.0746. The number of nitrogens with zero attached hydrogens (tertiary/aromatic N) is 1. The van der Waals surface area contributed by atoms with Crippen LogP contribution in [0.1, 0.15) is 50.7 Å². The lowest BCUT2D eigenvalue weighted by molar-refractivity contribution is -0.122. The number of carbonyl (C=O) groups is 2. The Balaban J connectivity index is 1.58. The van der Waals surface area contributed by atoms with Crippen LogP contribution in [0.15, 0.2) is 41.3 Å². The van der Waals surface area contributed by atoms with Crippen molar-refractivity contribution >= 4 is 33.2 Å². The number of aryl methyl sites for hydroxylation is 1. The molecule has 9 heteroatoms. The number of sulfonamides is 1. The molecule has 2 N–H and O–H groups in total. The van der Waals surface area contributed by atoms with Gasteiger partial charge in [-0.1, -0.05) is 26.0 Å². The molecule has 2 aromatic carbocycles. The van der Waals surface area contributed by atoms with Crippen molar-refractivity contribution in [1.29, 1.82) is 0 Å². The molecule has 176 valence electrons. The van der Waals surface area contributed by atoms with Crippen LogP contribution in [0.4, 0.5) is 11.4 Å². The van der Waals surface area contributed by atoms with E-state index in [0.717, 1.165) is 5.56 Å². The second kappa shape index (κ2) is 8.79. The first-order valence-corrected chi connectivity index (χ1v) is 12.6. The number of hydrogen-bond donors (Lipinski definition) is 2. The fraction of sp³-hybridized carbons (Fsp3) is 0.417. The van der Waals surface area contributed by atoms with Crippen molar-refractivity contribution in [3.8, 4) is 5.75 Å². The van der Waals surface area contributed by atoms with Gasteiger partial charge in [0.15, 0.2) is 6.10 Å². The number of anilines is 2. The third-order valence-electron chi connectivity index (χ3n) is 6.15. The Kier molecular flexibility index (Phi) is 6.20. The van der Waals surface area contributed by atoms with E-state index in [0.29, 0.717) is 41.4 Å². The Morgan fingerprint density at radius 1 is 1.21 bits per heavy atom. The van der Waals surface area contributed by atoms with Crippen LogP contribution in [0.3, 0.4) is 0 Å². The molecule has 2 amide bonds. The van der Waals surface area contributed by atoms with E-state index in [1.54, 1.807) is 19.9 Å². The monoisotopic (exact) mass is 471 g/mol. The smallest absolute Gasteiger partial charge is 0.265 e. The van der Waals surface area contributed by atoms with Crippen molar-refractivity contribution in [2.45, 2.75) is 63.5 Å². The fourth-order valence-electron chi connectivity index (χ4n) is 4.21. The van der Waals surface area contributed by atoms with Crippen LogP contribution in [0, 0.1) is 6.92 Å². The van der Waals surface area contributed by atoms with Gasteiger partial charge in [0.25, 0.3) is 5.91 Å². The van der Waals surface area contributed by atoms with E-state index in [2.05, 4.69) is 24.5 Å². The number of carbonyl (C=O) groups excluding carboxylic acids is 2. The molecule has 2 aliphatic rings. The van der Waals surface area contributed by atoms with Gasteiger partial charge in [0.2, 0.25) is 15.9 Å². The molecule has 1 saturated heterocycles. The summed E-state index contributed by atoms with van der Waals surface area (Å²) in [6.45, 7) is 7.71. The zero-order valence-electron chi connectivity index (χ0n) is 19.2. The molecule has 0 saturated carbocycles. The third kappa shape index (κ3) is 4.47. The molecule has 8 nitrogen and oxygen atoms in total. The van der Waals surface area contributed by atoms with Gasteiger partial charge in [0.05, 0.1) is 10.6 Å². The maximum Gasteiger partial charge on any atom is 0.265 e. The van der Waals surface area contributed by atoms with Gasteiger partial charge in [0.1, 0.15) is 11.8 Å². The number of fused-ring (bicyclic) bond motifs is 1. The number of hydrogen-bond acceptors (Lipinski definition) is 5. The Morgan fingerprint density at radius 3 is 2.58 bits per heavy atom. The van der Waals surface area contributed by atoms with E-state index < -0.39 is 22.2 Å². The molecule has 4 rings (SSSR count). The molecule has 2 heterocycles. The zero-order valence-corrected chi connectivity index (χ0v) is 20.0. The van der Waals surface area contributed by atoms with Crippen LogP contribution in [0.2, 0.25) is 0 Å². The summed E-state index contributed by atoms with van der Waals surface area (Å²) < 4.78 is 34.0. The standard InChI is InChI=1S/C24H29N3O5S/c1-14(2)17-7-9-18(10-8-17)25-24(29)20-6-5-11-27(20)33(30,31)22-13-21-19(12-15(22)3)26-23(28)16(4)32-21/h7-10,12-14,16,20H,5-6,11H2,1-4H3,(H,25,29)(H,26,28)/t16-,20+/m1/s1. The van der Waals surface area contributed by atoms with Gasteiger partial charge in [0, 0.05) is 18.3 Å². The van der Waals surface area contributed by atoms with Gasteiger partial charge in [-0.25, -0.2) is 8.42 Å². The maximum atomic E-state index is 13.6. The molecule has 0 bridgehead atoms. The molecular weight excluding hydrogens is 442 g/mol. The van der Waals surface area contributed by atoms with E-state index in [-0.39, 0.29) is 23.3 Å². The summed E-state index contributed by atoms with van der Waals surface area (Å²) in [6.07, 6.45) is 0.322. The molecule has 2 atom stereocenters. The zero-order chi connectivity index (χ0) is 23.9. The first kappa shape index (κ1) is 23.3. The van der Waals surface area contributed by atoms with Crippen LogP contribution in [0.25, 0.3) is 0 Å². The first-order valence-electron chi connectivity index (χ1n) is 11.1. The minimum atomic E-state index is -3.96. The van der Waals surface area contributed by atoms with E-state index in [1.807, 2.05) is 24.3 Å². The first-order chi connectivity index (χ1) is 15.6. The van der Waals surface area contributed by atoms with Gasteiger partial charge < -0.3 is 15.4 Å². The van der Waals surface area contributed by atoms with Gasteiger partial charge in [-0.3, -0.25) is 9.59 Å². The van der Waals surface area contributed by atoms with Crippen LogP contribution in [-0.4, -0.2) is 43.2 Å². The molecule has 0 radical (unpaired) electrons. The predicted molar refractivity (Wildman–Crippen MR) is 126 cm³/mol. The van der Waals surface area contributed by atoms with Crippen LogP contribution in [-0.2, 0) is 19.6 Å². The van der Waals surface area contributed by atoms with Crippen molar-refractivity contribution < 1.29 is 22.7 Å². The minimum Gasteiger partial charge on any atom is -0.479 e. The van der Waals surface area contributed by atoms with Gasteiger partial charge >= 0.3 is 0 Å². The quantitative estimate of drug-likeness (QED) is 0.693. The highest BCUT2D eigenvalue weighted by molar-refractivity contribution is 7.89. The Morgan fingerprint density at radius 2 is 1.91 bits per heavy atom. The summed E-state index contributed by atoms with van der Waals surface area (Å²) in [5.41, 5.74) is 2.71. The number of benzene rings is 2. The molecule has 0 aliphatic carbocycles. The highest BCUT2D eigenvalue weighted by Gasteiger charge is 2.40. The summed E-state index contributed by atoms with van der Waals surface area (Å²) in [5, 5.41) is 5.59. The lowest BCUT2D eigenvalue weighted by atomic mass is 10.0. The van der Waals surface area contributed by atoms with Crippen molar-refractivity contribution in [3.63, 3.8) is 0 Å². The van der Waals surface area contributed by atoms with E-state index in [1.165, 1.54) is 10.4 Å². The topological polar surface area (TPSA) is 105 Å². The van der Waals surface area contributed by atoms with Crippen molar-refractivity contribution in [1.82, 2.24) is 4.31 Å². The largest absolute Gasteiger partial charge is 0.479 e. The highest BCUT2D eigenvalue weighted by Crippen LogP contribution is 2.37. The predicted octanol–water partition coefficient (Wildman–Crippen LogP) is 3.63. The molecule has 0 spiro atoms. The number of rotatable bonds is 5. The average Bonchev–Trinajstić information content (AvgIpc) is 3.26. The lowest BCUT2D eigenvalue weighted by Crippen LogP contribution is -2.43. The van der Waals surface area contributed by atoms with E-state index in [9.17, 15) is 18.0 Å². The van der Waals surface area contributed by atoms with Crippen LogP contribution >= 0.6 is 0 Å². The normalized spacial score (nSPS) is 20.8. The van der Waals surface area contributed by atoms with E-state index in [4.69, 9.17) is 4.74 Å². The van der Waals surface area contributed by atoms with E-state index >= 15 is 0 Å². The van der Waals surface area contributed by atoms with Crippen molar-refractivity contribution in [3.05, 3.63) is 47.5 Å². The number of amides is 2. The van der Waals surface area contributed by atoms with Crippen LogP contribution in [0.5, 0.6) is 5.75 Å². The summed E-state index contributed by atoms with van der Waals surface area (Å²) >= 11 is 0. The maximum absolute atomic E-state index is 13.6. The second-order valence-electron chi connectivity index (χ2n) is 8.90.